The van der Waals surface area contributed by atoms with E-state index in [4.69, 9.17) is 0 Å². The normalized spacial score (nSPS) is 15.3. The number of hydrogen-bond donors (Lipinski definition) is 0. The summed E-state index contributed by atoms with van der Waals surface area (Å²) >= 11 is 0. The van der Waals surface area contributed by atoms with Crippen molar-refractivity contribution in [2.24, 2.45) is 5.92 Å². The number of nitrogens with zero attached hydrogens (tertiary/aromatic N) is 2. The minimum atomic E-state index is -0.723. The summed E-state index contributed by atoms with van der Waals surface area (Å²) in [6.45, 7) is 0.570. The van der Waals surface area contributed by atoms with Crippen LogP contribution in [0, 0.1) is 21.8 Å². The molecule has 1 amide bonds. The van der Waals surface area contributed by atoms with Gasteiger partial charge in [-0.15, -0.1) is 0 Å². The number of benzene rings is 1. The average Bonchev–Trinajstić information content (AvgIpc) is 2.91. The molecule has 0 aromatic heterocycles. The quantitative estimate of drug-likeness (QED) is 0.629. The van der Waals surface area contributed by atoms with E-state index in [1.165, 1.54) is 4.90 Å². The maximum Gasteiger partial charge on any atom is 0.270 e. The minimum Gasteiger partial charge on any atom is -0.341 e. The summed E-state index contributed by atoms with van der Waals surface area (Å²) in [6, 6.07) is 3.03. The molecule has 6 heteroatoms. The summed E-state index contributed by atoms with van der Waals surface area (Å²) < 4.78 is 13.7. The number of rotatable bonds is 4. The fourth-order valence-corrected chi connectivity index (χ4v) is 2.66. The molecule has 2 rings (SSSR count). The van der Waals surface area contributed by atoms with E-state index in [0.717, 1.165) is 43.9 Å². The number of nitro groups is 1. The highest BCUT2D eigenvalue weighted by molar-refractivity contribution is 5.95. The molecule has 1 aliphatic rings. The molecule has 1 aromatic carbocycles. The van der Waals surface area contributed by atoms with Gasteiger partial charge in [0.15, 0.2) is 0 Å². The van der Waals surface area contributed by atoms with Gasteiger partial charge in [0.25, 0.3) is 11.6 Å². The molecule has 1 fully saturated rings. The van der Waals surface area contributed by atoms with E-state index in [-0.39, 0.29) is 11.3 Å². The third-order valence-corrected chi connectivity index (χ3v) is 3.74. The van der Waals surface area contributed by atoms with Crippen LogP contribution in [0.25, 0.3) is 0 Å². The molecular weight excluding hydrogens is 263 g/mol. The molecule has 5 nitrogen and oxygen atoms in total. The van der Waals surface area contributed by atoms with Crippen molar-refractivity contribution in [2.45, 2.75) is 25.7 Å². The molecule has 0 radical (unpaired) electrons. The van der Waals surface area contributed by atoms with Gasteiger partial charge >= 0.3 is 0 Å². The Labute approximate surface area is 116 Å². The Kier molecular flexibility index (Phi) is 4.32. The fourth-order valence-electron chi connectivity index (χ4n) is 2.66. The van der Waals surface area contributed by atoms with Gasteiger partial charge in [0.1, 0.15) is 5.82 Å². The molecule has 0 aliphatic heterocycles. The van der Waals surface area contributed by atoms with E-state index < -0.39 is 16.6 Å². The van der Waals surface area contributed by atoms with Crippen LogP contribution >= 0.6 is 0 Å². The fraction of sp³-hybridized carbons (Fsp3) is 0.500. The molecule has 1 aliphatic carbocycles. The molecule has 0 heterocycles. The number of amides is 1. The summed E-state index contributed by atoms with van der Waals surface area (Å²) in [6.07, 6.45) is 4.49. The van der Waals surface area contributed by atoms with Gasteiger partial charge in [-0.05, 0) is 24.8 Å². The first-order valence-corrected chi connectivity index (χ1v) is 6.68. The van der Waals surface area contributed by atoms with E-state index in [1.807, 2.05) is 0 Å². The standard InChI is InChI=1S/C14H17FN2O3/c1-16(9-10-4-2-3-5-10)14(18)12-8-11(17(19)20)6-7-13(12)15/h6-8,10H,2-5,9H2,1H3. The predicted octanol–water partition coefficient (Wildman–Crippen LogP) is 3.00. The maximum atomic E-state index is 13.7. The highest BCUT2D eigenvalue weighted by Gasteiger charge is 2.23. The van der Waals surface area contributed by atoms with Crippen LogP contribution in [0.4, 0.5) is 10.1 Å². The second-order valence-corrected chi connectivity index (χ2v) is 5.26. The SMILES string of the molecule is CN(CC1CCCC1)C(=O)c1cc([N+](=O)[O-])ccc1F. The molecule has 0 atom stereocenters. The topological polar surface area (TPSA) is 63.5 Å². The Bertz CT molecular complexity index is 527. The third kappa shape index (κ3) is 3.12. The van der Waals surface area contributed by atoms with Crippen molar-refractivity contribution in [3.8, 4) is 0 Å². The minimum absolute atomic E-state index is 0.236. The van der Waals surface area contributed by atoms with Crippen LogP contribution in [0.1, 0.15) is 36.0 Å². The first-order valence-electron chi connectivity index (χ1n) is 6.68. The van der Waals surface area contributed by atoms with Crippen LogP contribution in [-0.4, -0.2) is 29.3 Å². The van der Waals surface area contributed by atoms with Crippen molar-refractivity contribution in [3.05, 3.63) is 39.7 Å². The zero-order valence-corrected chi connectivity index (χ0v) is 11.3. The number of non-ortho nitro benzene ring substituents is 1. The van der Waals surface area contributed by atoms with Crippen molar-refractivity contribution in [1.82, 2.24) is 4.90 Å². The summed E-state index contributed by atoms with van der Waals surface area (Å²) in [5.41, 5.74) is -0.510. The molecule has 0 N–H and O–H groups in total. The lowest BCUT2D eigenvalue weighted by Crippen LogP contribution is -2.31. The van der Waals surface area contributed by atoms with Crippen molar-refractivity contribution in [3.63, 3.8) is 0 Å². The highest BCUT2D eigenvalue weighted by atomic mass is 19.1. The van der Waals surface area contributed by atoms with Gasteiger partial charge < -0.3 is 4.90 Å². The monoisotopic (exact) mass is 280 g/mol. The van der Waals surface area contributed by atoms with Gasteiger partial charge in [0.2, 0.25) is 0 Å². The Morgan fingerprint density at radius 2 is 2.10 bits per heavy atom. The maximum absolute atomic E-state index is 13.7. The molecular formula is C14H17FN2O3. The Balaban J connectivity index is 2.14. The van der Waals surface area contributed by atoms with E-state index >= 15 is 0 Å². The van der Waals surface area contributed by atoms with Gasteiger partial charge in [0.05, 0.1) is 10.5 Å². The number of halogens is 1. The second kappa shape index (κ2) is 5.98. The zero-order valence-electron chi connectivity index (χ0n) is 11.3. The lowest BCUT2D eigenvalue weighted by Gasteiger charge is -2.21. The van der Waals surface area contributed by atoms with Crippen molar-refractivity contribution >= 4 is 11.6 Å². The van der Waals surface area contributed by atoms with Gasteiger partial charge in [-0.1, -0.05) is 12.8 Å². The van der Waals surface area contributed by atoms with Crippen molar-refractivity contribution in [1.29, 1.82) is 0 Å². The molecule has 0 bridgehead atoms. The van der Waals surface area contributed by atoms with Gasteiger partial charge in [0, 0.05) is 25.7 Å². The average molecular weight is 280 g/mol. The van der Waals surface area contributed by atoms with Crippen LogP contribution in [0.3, 0.4) is 0 Å². The molecule has 108 valence electrons. The smallest absolute Gasteiger partial charge is 0.270 e. The molecule has 0 unspecified atom stereocenters. The van der Waals surface area contributed by atoms with Crippen LogP contribution in [-0.2, 0) is 0 Å². The first kappa shape index (κ1) is 14.4. The zero-order chi connectivity index (χ0) is 14.7. The molecule has 1 aromatic rings. The molecule has 20 heavy (non-hydrogen) atoms. The molecule has 0 spiro atoms. The van der Waals surface area contributed by atoms with E-state index in [2.05, 4.69) is 0 Å². The van der Waals surface area contributed by atoms with Crippen molar-refractivity contribution in [2.75, 3.05) is 13.6 Å². The summed E-state index contributed by atoms with van der Waals surface area (Å²) in [4.78, 5) is 23.7. The van der Waals surface area contributed by atoms with E-state index in [1.54, 1.807) is 7.05 Å². The largest absolute Gasteiger partial charge is 0.341 e. The van der Waals surface area contributed by atoms with E-state index in [9.17, 15) is 19.3 Å². The summed E-state index contributed by atoms with van der Waals surface area (Å²) in [7, 11) is 1.61. The number of nitro benzene ring substituents is 1. The summed E-state index contributed by atoms with van der Waals surface area (Å²) in [5.74, 6) is -0.775. The van der Waals surface area contributed by atoms with Crippen LogP contribution in [0.2, 0.25) is 0 Å². The number of hydrogen-bond acceptors (Lipinski definition) is 3. The summed E-state index contributed by atoms with van der Waals surface area (Å²) in [5, 5.41) is 10.7. The van der Waals surface area contributed by atoms with Gasteiger partial charge in [-0.2, -0.15) is 0 Å². The van der Waals surface area contributed by atoms with Crippen LogP contribution in [0.15, 0.2) is 18.2 Å². The Hall–Kier alpha value is -1.98. The molecule has 0 saturated heterocycles. The number of carbonyl (C=O) groups is 1. The van der Waals surface area contributed by atoms with Gasteiger partial charge in [-0.3, -0.25) is 14.9 Å². The second-order valence-electron chi connectivity index (χ2n) is 5.26. The lowest BCUT2D eigenvalue weighted by molar-refractivity contribution is -0.384. The lowest BCUT2D eigenvalue weighted by atomic mass is 10.1. The van der Waals surface area contributed by atoms with E-state index in [0.29, 0.717) is 12.5 Å². The molecule has 1 saturated carbocycles. The predicted molar refractivity (Wildman–Crippen MR) is 72.0 cm³/mol. The first-order chi connectivity index (χ1) is 9.49. The highest BCUT2D eigenvalue weighted by Crippen LogP contribution is 2.26. The third-order valence-electron chi connectivity index (χ3n) is 3.74. The number of carbonyl (C=O) groups excluding carboxylic acids is 1. The van der Waals surface area contributed by atoms with Gasteiger partial charge in [-0.25, -0.2) is 4.39 Å². The Morgan fingerprint density at radius 3 is 2.70 bits per heavy atom. The Morgan fingerprint density at radius 1 is 1.45 bits per heavy atom. The van der Waals surface area contributed by atoms with Crippen LogP contribution in [0.5, 0.6) is 0 Å². The van der Waals surface area contributed by atoms with Crippen molar-refractivity contribution < 1.29 is 14.1 Å². The van der Waals surface area contributed by atoms with Crippen LogP contribution < -0.4 is 0 Å².